The summed E-state index contributed by atoms with van der Waals surface area (Å²) in [5, 5.41) is 14.2. The number of amides is 2. The first-order chi connectivity index (χ1) is 22.9. The molecule has 0 aliphatic carbocycles. The van der Waals surface area contributed by atoms with Gasteiger partial charge in [0.05, 0.1) is 43.5 Å². The Bertz CT molecular complexity index is 1470. The molecular weight excluding hydrogens is 639 g/mol. The van der Waals surface area contributed by atoms with Gasteiger partial charge in [-0.3, -0.25) is 9.59 Å². The van der Waals surface area contributed by atoms with E-state index in [2.05, 4.69) is 54.3 Å². The van der Waals surface area contributed by atoms with Gasteiger partial charge in [0.15, 0.2) is 0 Å². The molecule has 268 valence electrons. The molecule has 48 heavy (non-hydrogen) atoms. The summed E-state index contributed by atoms with van der Waals surface area (Å²) in [6, 6.07) is 14.8. The lowest BCUT2D eigenvalue weighted by Crippen LogP contribution is -2.54. The van der Waals surface area contributed by atoms with Gasteiger partial charge in [-0.15, -0.1) is 22.7 Å². The normalized spacial score (nSPS) is 15.7. The van der Waals surface area contributed by atoms with Crippen LogP contribution >= 0.6 is 22.7 Å². The number of aliphatic hydroxyl groups is 1. The largest absolute Gasteiger partial charge is 0.391 e. The number of likely N-dealkylation sites (tertiary alicyclic amines) is 1. The Hall–Kier alpha value is -3.18. The van der Waals surface area contributed by atoms with Crippen molar-refractivity contribution in [2.75, 3.05) is 6.54 Å². The van der Waals surface area contributed by atoms with Crippen molar-refractivity contribution >= 4 is 44.7 Å². The van der Waals surface area contributed by atoms with Crippen LogP contribution in [0.15, 0.2) is 54.0 Å². The molecule has 1 aliphatic heterocycles. The van der Waals surface area contributed by atoms with Gasteiger partial charge in [0.25, 0.3) is 0 Å². The van der Waals surface area contributed by atoms with E-state index in [1.165, 1.54) is 21.0 Å². The minimum absolute atomic E-state index is 0. The highest BCUT2D eigenvalue weighted by molar-refractivity contribution is 7.18. The fraction of sp³-hybridized carbons (Fsp3) is 0.526. The highest BCUT2D eigenvalue weighted by atomic mass is 32.1. The van der Waals surface area contributed by atoms with Crippen molar-refractivity contribution < 1.29 is 16.1 Å². The van der Waals surface area contributed by atoms with Crippen molar-refractivity contribution in [2.45, 2.75) is 120 Å². The van der Waals surface area contributed by atoms with E-state index in [1.54, 1.807) is 22.7 Å². The smallest absolute Gasteiger partial charge is 0.243 e. The second kappa shape index (κ2) is 21.7. The third-order valence-electron chi connectivity index (χ3n) is 7.13. The minimum atomic E-state index is -0.735. The van der Waals surface area contributed by atoms with Crippen LogP contribution in [-0.2, 0) is 22.6 Å². The van der Waals surface area contributed by atoms with Crippen molar-refractivity contribution in [2.24, 2.45) is 11.1 Å². The number of carbonyl (C=O) groups excluding carboxylic acids is 2. The molecule has 5 rings (SSSR count). The number of thiazole rings is 2. The zero-order chi connectivity index (χ0) is 36.4. The molecule has 3 heterocycles. The average Bonchev–Trinajstić information content (AvgIpc) is 3.83. The van der Waals surface area contributed by atoms with E-state index < -0.39 is 23.6 Å². The van der Waals surface area contributed by atoms with Crippen LogP contribution in [0.25, 0.3) is 20.7 Å². The molecule has 0 bridgehead atoms. The molecule has 4 N–H and O–H groups in total. The maximum absolute atomic E-state index is 12.8. The minimum Gasteiger partial charge on any atom is -0.391 e. The van der Waals surface area contributed by atoms with Crippen LogP contribution in [0.3, 0.4) is 0 Å². The van der Waals surface area contributed by atoms with Gasteiger partial charge >= 0.3 is 0 Å². The van der Waals surface area contributed by atoms with Gasteiger partial charge in [-0.25, -0.2) is 9.97 Å². The van der Waals surface area contributed by atoms with Crippen LogP contribution < -0.4 is 11.1 Å². The Balaban J connectivity index is 0.00000100. The molecule has 1 fully saturated rings. The van der Waals surface area contributed by atoms with Gasteiger partial charge in [0.1, 0.15) is 6.04 Å². The lowest BCUT2D eigenvalue weighted by Gasteiger charge is -2.32. The highest BCUT2D eigenvalue weighted by Gasteiger charge is 2.42. The summed E-state index contributed by atoms with van der Waals surface area (Å²) >= 11 is 3.38. The number of β-amino-alcohol motifs (C(OH)–C–C–N with tert-alkyl or cyclic N) is 1. The molecule has 4 aromatic rings. The second-order valence-corrected chi connectivity index (χ2v) is 14.0. The molecule has 10 heteroatoms. The van der Waals surface area contributed by atoms with E-state index in [1.807, 2.05) is 91.2 Å². The van der Waals surface area contributed by atoms with E-state index in [4.69, 9.17) is 5.73 Å². The van der Waals surface area contributed by atoms with Crippen LogP contribution in [-0.4, -0.2) is 56.5 Å². The summed E-state index contributed by atoms with van der Waals surface area (Å²) in [6.07, 6.45) is 1.79. The number of aromatic nitrogens is 2. The lowest BCUT2D eigenvalue weighted by atomic mass is 9.86. The van der Waals surface area contributed by atoms with E-state index in [0.717, 1.165) is 33.6 Å². The summed E-state index contributed by atoms with van der Waals surface area (Å²) in [6.45, 7) is 22.5. The van der Waals surface area contributed by atoms with Crippen LogP contribution in [0.2, 0.25) is 0 Å². The molecule has 3 atom stereocenters. The Morgan fingerprint density at radius 1 is 1.06 bits per heavy atom. The van der Waals surface area contributed by atoms with Crippen molar-refractivity contribution in [1.29, 1.82) is 0 Å². The Labute approximate surface area is 298 Å². The molecule has 1 aliphatic rings. The number of rotatable bonds is 6. The van der Waals surface area contributed by atoms with Gasteiger partial charge in [-0.05, 0) is 42.0 Å². The first kappa shape index (κ1) is 42.8. The number of benzene rings is 2. The maximum atomic E-state index is 12.8. The highest BCUT2D eigenvalue weighted by Crippen LogP contribution is 2.28. The van der Waals surface area contributed by atoms with Crippen LogP contribution in [0, 0.1) is 12.3 Å². The summed E-state index contributed by atoms with van der Waals surface area (Å²) in [5.41, 5.74) is 11.7. The van der Waals surface area contributed by atoms with E-state index in [0.29, 0.717) is 6.54 Å². The Morgan fingerprint density at radius 3 is 2.19 bits per heavy atom. The second-order valence-electron chi connectivity index (χ2n) is 12.1. The van der Waals surface area contributed by atoms with Crippen molar-refractivity contribution in [3.63, 3.8) is 0 Å². The number of nitrogens with zero attached hydrogens (tertiary/aromatic N) is 3. The van der Waals surface area contributed by atoms with E-state index in [9.17, 15) is 14.7 Å². The van der Waals surface area contributed by atoms with Crippen molar-refractivity contribution in [3.8, 4) is 10.4 Å². The predicted octanol–water partition coefficient (Wildman–Crippen LogP) is 8.64. The average molecular weight is 702 g/mol. The Morgan fingerprint density at radius 2 is 1.67 bits per heavy atom. The number of aliphatic hydroxyl groups excluding tert-OH is 1. The van der Waals surface area contributed by atoms with Gasteiger partial charge in [0.2, 0.25) is 11.8 Å². The molecule has 0 saturated carbocycles. The molecule has 2 amide bonds. The quantitative estimate of drug-likeness (QED) is 0.185. The van der Waals surface area contributed by atoms with Crippen LogP contribution in [0.4, 0.5) is 0 Å². The van der Waals surface area contributed by atoms with Crippen molar-refractivity contribution in [1.82, 2.24) is 20.2 Å². The van der Waals surface area contributed by atoms with Crippen molar-refractivity contribution in [3.05, 3.63) is 70.3 Å². The zero-order valence-corrected chi connectivity index (χ0v) is 32.6. The van der Waals surface area contributed by atoms with Gasteiger partial charge in [0, 0.05) is 20.9 Å². The first-order valence-electron chi connectivity index (χ1n) is 17.2. The summed E-state index contributed by atoms with van der Waals surface area (Å²) < 4.78 is 1.30. The number of hydrogen-bond donors (Lipinski definition) is 3. The topological polar surface area (TPSA) is 121 Å². The van der Waals surface area contributed by atoms with Crippen LogP contribution in [0.1, 0.15) is 99.8 Å². The number of carbonyl (C=O) groups is 2. The molecule has 0 unspecified atom stereocenters. The standard InChI is InChI=1S/C22H30N4O3S.C9H9NS.C3H8.2C2H6.H2/c1-13-18(30-12-25-13)15-7-5-14(6-8-15)10-24-20(28)17-9-16(27)11-26(17)21(29)19(23)22(2,3)4;1-2-9-10-7-5-3-4-6-8(7)11-9;1-3-2;2*1-2;/h5-8,12,16-17,19,27H,9-11,23H2,1-4H3,(H,24,28);3-6H,2H2,1H3;3H2,1-2H3;2*1-2H3;1H/t16-,17+,19-;;;;;/m1...../s1/i;;;;;1+2. The van der Waals surface area contributed by atoms with E-state index in [-0.39, 0.29) is 26.2 Å². The predicted molar refractivity (Wildman–Crippen MR) is 207 cm³/mol. The zero-order valence-electron chi connectivity index (χ0n) is 31.0. The molecule has 1 saturated heterocycles. The number of nitrogens with one attached hydrogen (secondary N) is 1. The molecule has 8 nitrogen and oxygen atoms in total. The number of fused-ring (bicyclic) bond motifs is 1. The van der Waals surface area contributed by atoms with Gasteiger partial charge < -0.3 is 21.1 Å². The fourth-order valence-corrected chi connectivity index (χ4v) is 6.30. The maximum Gasteiger partial charge on any atom is 0.243 e. The van der Waals surface area contributed by atoms with Crippen LogP contribution in [0.5, 0.6) is 0 Å². The lowest BCUT2D eigenvalue weighted by molar-refractivity contribution is -0.141. The monoisotopic (exact) mass is 701 g/mol. The summed E-state index contributed by atoms with van der Waals surface area (Å²) in [7, 11) is 0. The van der Waals surface area contributed by atoms with Gasteiger partial charge in [-0.2, -0.15) is 0 Å². The molecular formula is C38H61N5O3S2. The third kappa shape index (κ3) is 12.7. The third-order valence-corrected chi connectivity index (χ3v) is 9.29. The number of hydrogen-bond acceptors (Lipinski definition) is 8. The number of aryl methyl sites for hydroxylation is 2. The van der Waals surface area contributed by atoms with Gasteiger partial charge in [-0.1, -0.05) is 112 Å². The molecule has 2 aromatic heterocycles. The summed E-state index contributed by atoms with van der Waals surface area (Å²) in [4.78, 5) is 36.9. The Kier molecular flexibility index (Phi) is 19.4. The fourth-order valence-electron chi connectivity index (χ4n) is 4.59. The summed E-state index contributed by atoms with van der Waals surface area (Å²) in [5.74, 6) is -0.577. The first-order valence-corrected chi connectivity index (χ1v) is 18.9. The molecule has 0 spiro atoms. The van der Waals surface area contributed by atoms with E-state index >= 15 is 0 Å². The molecule has 0 radical (unpaired) electrons. The molecule has 2 aromatic carbocycles. The SMILES string of the molecule is CC.CC.CCC.CCc1nc2ccccc2s1.Cc1ncsc1-c1ccc(CNC(=O)[C@@H]2C[C@@H](O)CN2C(=O)[C@@H](N)C(C)(C)C)cc1.[3HH]. The number of para-hydroxylation sites is 1. The number of nitrogens with two attached hydrogens (primary N) is 1.